The van der Waals surface area contributed by atoms with Crippen LogP contribution in [0.15, 0.2) is 0 Å². The van der Waals surface area contributed by atoms with Gasteiger partial charge >= 0.3 is 0 Å². The number of carbonyl (C=O) groups excluding carboxylic acids is 1. The summed E-state index contributed by atoms with van der Waals surface area (Å²) in [4.78, 5) is 12.7. The molecule has 70 valence electrons. The van der Waals surface area contributed by atoms with Crippen LogP contribution in [0.25, 0.3) is 0 Å². The van der Waals surface area contributed by atoms with Crippen LogP contribution in [0.4, 0.5) is 0 Å². The zero-order valence-electron chi connectivity index (χ0n) is 7.62. The zero-order chi connectivity index (χ0) is 9.14. The molecule has 0 saturated carbocycles. The van der Waals surface area contributed by atoms with Crippen molar-refractivity contribution < 1.29 is 9.53 Å². The van der Waals surface area contributed by atoms with Gasteiger partial charge in [0.2, 0.25) is 5.91 Å². The van der Waals surface area contributed by atoms with Gasteiger partial charge in [-0.25, -0.2) is 0 Å². The highest BCUT2D eigenvalue weighted by molar-refractivity contribution is 5.87. The van der Waals surface area contributed by atoms with E-state index in [0.29, 0.717) is 19.7 Å². The molecule has 4 nitrogen and oxygen atoms in total. The highest BCUT2D eigenvalue weighted by atomic mass is 16.5. The average Bonchev–Trinajstić information content (AvgIpc) is 2.02. The predicted molar refractivity (Wildman–Crippen MR) is 45.6 cm³/mol. The molecule has 1 heterocycles. The smallest absolute Gasteiger partial charge is 0.241 e. The van der Waals surface area contributed by atoms with E-state index in [1.807, 2.05) is 13.8 Å². The maximum Gasteiger partial charge on any atom is 0.241 e. The van der Waals surface area contributed by atoms with Crippen molar-refractivity contribution in [1.82, 2.24) is 4.90 Å². The Morgan fingerprint density at radius 1 is 1.75 bits per heavy atom. The van der Waals surface area contributed by atoms with Gasteiger partial charge in [0, 0.05) is 13.1 Å². The highest BCUT2D eigenvalue weighted by Gasteiger charge is 2.32. The number of carbonyl (C=O) groups is 1. The number of rotatable bonds is 4. The second-order valence-corrected chi connectivity index (χ2v) is 3.31. The molecule has 2 N–H and O–H groups in total. The molecule has 0 spiro atoms. The largest absolute Gasteiger partial charge is 0.377 e. The zero-order valence-corrected chi connectivity index (χ0v) is 7.62. The van der Waals surface area contributed by atoms with Crippen LogP contribution in [0.1, 0.15) is 13.8 Å². The fraction of sp³-hybridized carbons (Fsp3) is 0.875. The third-order valence-corrected chi connectivity index (χ3v) is 1.86. The monoisotopic (exact) mass is 172 g/mol. The maximum atomic E-state index is 11.0. The summed E-state index contributed by atoms with van der Waals surface area (Å²) in [5.74, 6) is 0.0438. The van der Waals surface area contributed by atoms with Gasteiger partial charge < -0.3 is 15.4 Å². The van der Waals surface area contributed by atoms with E-state index in [9.17, 15) is 4.79 Å². The van der Waals surface area contributed by atoms with Crippen molar-refractivity contribution in [3.63, 3.8) is 0 Å². The molecule has 12 heavy (non-hydrogen) atoms. The predicted octanol–water partition coefficient (Wildman–Crippen LogP) is -0.419. The number of ether oxygens (including phenoxy) is 1. The van der Waals surface area contributed by atoms with Crippen LogP contribution in [0.3, 0.4) is 0 Å². The van der Waals surface area contributed by atoms with Crippen molar-refractivity contribution in [2.45, 2.75) is 26.0 Å². The lowest BCUT2D eigenvalue weighted by molar-refractivity contribution is -0.143. The molecule has 4 heteroatoms. The molecule has 1 aliphatic rings. The quantitative estimate of drug-likeness (QED) is 0.586. The van der Waals surface area contributed by atoms with Crippen molar-refractivity contribution in [1.29, 1.82) is 0 Å². The summed E-state index contributed by atoms with van der Waals surface area (Å²) in [5, 5.41) is 0. The maximum absolute atomic E-state index is 11.0. The topological polar surface area (TPSA) is 55.6 Å². The van der Waals surface area contributed by atoms with E-state index in [1.54, 1.807) is 4.90 Å². The number of amides is 1. The Labute approximate surface area is 72.7 Å². The van der Waals surface area contributed by atoms with E-state index >= 15 is 0 Å². The Balaban J connectivity index is 2.06. The first kappa shape index (κ1) is 9.48. The first-order chi connectivity index (χ1) is 5.61. The van der Waals surface area contributed by atoms with Gasteiger partial charge in [-0.1, -0.05) is 0 Å². The summed E-state index contributed by atoms with van der Waals surface area (Å²) < 4.78 is 5.30. The van der Waals surface area contributed by atoms with Crippen molar-refractivity contribution in [2.75, 3.05) is 19.7 Å². The van der Waals surface area contributed by atoms with Crippen LogP contribution in [-0.4, -0.2) is 42.6 Å². The van der Waals surface area contributed by atoms with Crippen LogP contribution >= 0.6 is 0 Å². The van der Waals surface area contributed by atoms with E-state index in [2.05, 4.69) is 0 Å². The van der Waals surface area contributed by atoms with E-state index in [4.69, 9.17) is 10.5 Å². The Hall–Kier alpha value is -0.610. The number of hydrogen-bond donors (Lipinski definition) is 1. The third-order valence-electron chi connectivity index (χ3n) is 1.86. The molecule has 1 rings (SSSR count). The van der Waals surface area contributed by atoms with Gasteiger partial charge in [-0.3, -0.25) is 4.79 Å². The fourth-order valence-electron chi connectivity index (χ4n) is 1.13. The summed E-state index contributed by atoms with van der Waals surface area (Å²) >= 11 is 0. The minimum atomic E-state index is -0.260. The van der Waals surface area contributed by atoms with Crippen LogP contribution in [0.5, 0.6) is 0 Å². The molecular weight excluding hydrogens is 156 g/mol. The fourth-order valence-corrected chi connectivity index (χ4v) is 1.13. The van der Waals surface area contributed by atoms with E-state index in [1.165, 1.54) is 0 Å². The number of nitrogens with zero attached hydrogens (tertiary/aromatic N) is 1. The Morgan fingerprint density at radius 2 is 2.42 bits per heavy atom. The molecular formula is C8H16N2O2. The SMILES string of the molecule is CC(C)OCCN1CC(N)C1=O. The summed E-state index contributed by atoms with van der Waals surface area (Å²) in [7, 11) is 0. The van der Waals surface area contributed by atoms with Gasteiger partial charge in [0.05, 0.1) is 12.7 Å². The van der Waals surface area contributed by atoms with Crippen molar-refractivity contribution in [2.24, 2.45) is 5.73 Å². The summed E-state index contributed by atoms with van der Waals surface area (Å²) in [5.41, 5.74) is 5.41. The second kappa shape index (κ2) is 3.87. The molecule has 0 aliphatic carbocycles. The number of hydrogen-bond acceptors (Lipinski definition) is 3. The third kappa shape index (κ3) is 2.19. The van der Waals surface area contributed by atoms with Crippen LogP contribution in [0.2, 0.25) is 0 Å². The van der Waals surface area contributed by atoms with Gasteiger partial charge in [0.15, 0.2) is 0 Å². The summed E-state index contributed by atoms with van der Waals surface area (Å²) in [6, 6.07) is -0.260. The Bertz CT molecular complexity index is 170. The van der Waals surface area contributed by atoms with Crippen LogP contribution in [-0.2, 0) is 9.53 Å². The molecule has 1 saturated heterocycles. The molecule has 1 amide bonds. The summed E-state index contributed by atoms with van der Waals surface area (Å²) in [6.07, 6.45) is 0.232. The van der Waals surface area contributed by atoms with Crippen molar-refractivity contribution in [3.8, 4) is 0 Å². The standard InChI is InChI=1S/C8H16N2O2/c1-6(2)12-4-3-10-5-7(9)8(10)11/h6-7H,3-5,9H2,1-2H3. The number of likely N-dealkylation sites (tertiary alicyclic amines) is 1. The molecule has 0 radical (unpaired) electrons. The van der Waals surface area contributed by atoms with Crippen LogP contribution in [0, 0.1) is 0 Å². The lowest BCUT2D eigenvalue weighted by atomic mass is 10.1. The number of β-lactam (4-membered cyclic amide) rings is 1. The Morgan fingerprint density at radius 3 is 2.83 bits per heavy atom. The van der Waals surface area contributed by atoms with Crippen molar-refractivity contribution >= 4 is 5.91 Å². The molecule has 1 atom stereocenters. The highest BCUT2D eigenvalue weighted by Crippen LogP contribution is 2.06. The summed E-state index contributed by atoms with van der Waals surface area (Å²) in [6.45, 7) is 5.91. The van der Waals surface area contributed by atoms with Gasteiger partial charge in [-0.2, -0.15) is 0 Å². The minimum Gasteiger partial charge on any atom is -0.377 e. The molecule has 1 fully saturated rings. The Kier molecular flexibility index (Phi) is 3.05. The lowest BCUT2D eigenvalue weighted by Gasteiger charge is -2.36. The van der Waals surface area contributed by atoms with Gasteiger partial charge in [0.25, 0.3) is 0 Å². The molecule has 0 bridgehead atoms. The number of nitrogens with two attached hydrogens (primary N) is 1. The van der Waals surface area contributed by atoms with E-state index in [0.717, 1.165) is 0 Å². The second-order valence-electron chi connectivity index (χ2n) is 3.31. The first-order valence-corrected chi connectivity index (χ1v) is 4.27. The molecule has 1 aliphatic heterocycles. The first-order valence-electron chi connectivity index (χ1n) is 4.27. The van der Waals surface area contributed by atoms with E-state index in [-0.39, 0.29) is 18.1 Å². The van der Waals surface area contributed by atoms with Crippen LogP contribution < -0.4 is 5.73 Å². The average molecular weight is 172 g/mol. The van der Waals surface area contributed by atoms with E-state index < -0.39 is 0 Å². The molecule has 1 unspecified atom stereocenters. The van der Waals surface area contributed by atoms with Gasteiger partial charge in [0.1, 0.15) is 6.04 Å². The molecule has 0 aromatic heterocycles. The minimum absolute atomic E-state index is 0.0438. The molecule has 0 aromatic carbocycles. The van der Waals surface area contributed by atoms with Gasteiger partial charge in [-0.15, -0.1) is 0 Å². The van der Waals surface area contributed by atoms with Crippen molar-refractivity contribution in [3.05, 3.63) is 0 Å². The normalized spacial score (nSPS) is 23.2. The molecule has 0 aromatic rings. The lowest BCUT2D eigenvalue weighted by Crippen LogP contribution is -2.61. The van der Waals surface area contributed by atoms with Gasteiger partial charge in [-0.05, 0) is 13.8 Å².